The number of nitrogens with one attached hydrogen (secondary N) is 1. The molecule has 3 nitrogen and oxygen atoms in total. The van der Waals surface area contributed by atoms with Gasteiger partial charge in [0, 0.05) is 6.61 Å². The third-order valence-corrected chi connectivity index (χ3v) is 2.48. The van der Waals surface area contributed by atoms with Crippen LogP contribution in [-0.2, 0) is 9.53 Å². The molecule has 0 radical (unpaired) electrons. The van der Waals surface area contributed by atoms with Crippen LogP contribution in [0, 0.1) is 0 Å². The Morgan fingerprint density at radius 2 is 2.42 bits per heavy atom. The summed E-state index contributed by atoms with van der Waals surface area (Å²) >= 11 is 3.21. The highest BCUT2D eigenvalue weighted by Crippen LogP contribution is 2.13. The van der Waals surface area contributed by atoms with Crippen LogP contribution in [0.4, 0.5) is 0 Å². The quantitative estimate of drug-likeness (QED) is 0.728. The summed E-state index contributed by atoms with van der Waals surface area (Å²) in [6.07, 6.45) is 1.08. The van der Waals surface area contributed by atoms with Crippen molar-refractivity contribution in [2.24, 2.45) is 0 Å². The molecule has 1 aliphatic heterocycles. The molecule has 0 aliphatic carbocycles. The highest BCUT2D eigenvalue weighted by Gasteiger charge is 2.26. The second-order valence-corrected chi connectivity index (χ2v) is 4.47. The van der Waals surface area contributed by atoms with Gasteiger partial charge in [0.1, 0.15) is 0 Å². The molecule has 3 unspecified atom stereocenters. The Bertz CT molecular complexity index is 172. The summed E-state index contributed by atoms with van der Waals surface area (Å²) in [6, 6.07) is 0.192. The first-order valence-electron chi connectivity index (χ1n) is 4.17. The van der Waals surface area contributed by atoms with E-state index in [9.17, 15) is 4.79 Å². The first-order valence-corrected chi connectivity index (χ1v) is 5.09. The van der Waals surface area contributed by atoms with Crippen LogP contribution in [0.15, 0.2) is 0 Å². The van der Waals surface area contributed by atoms with Crippen LogP contribution in [0.25, 0.3) is 0 Å². The topological polar surface area (TPSA) is 38.3 Å². The van der Waals surface area contributed by atoms with Crippen LogP contribution in [0.3, 0.4) is 0 Å². The molecule has 1 saturated heterocycles. The van der Waals surface area contributed by atoms with Gasteiger partial charge < -0.3 is 10.1 Å². The van der Waals surface area contributed by atoms with Crippen LogP contribution in [0.5, 0.6) is 0 Å². The van der Waals surface area contributed by atoms with Crippen molar-refractivity contribution in [1.29, 1.82) is 0 Å². The molecule has 0 aromatic carbocycles. The molecule has 1 aliphatic rings. The molecule has 12 heavy (non-hydrogen) atoms. The van der Waals surface area contributed by atoms with Crippen molar-refractivity contribution < 1.29 is 9.53 Å². The van der Waals surface area contributed by atoms with E-state index in [1.54, 1.807) is 0 Å². The zero-order valence-electron chi connectivity index (χ0n) is 7.34. The number of ether oxygens (including phenoxy) is 1. The van der Waals surface area contributed by atoms with Crippen molar-refractivity contribution >= 4 is 21.8 Å². The maximum Gasteiger partial charge on any atom is 0.233 e. The molecule has 0 bridgehead atoms. The van der Waals surface area contributed by atoms with Crippen molar-refractivity contribution in [2.45, 2.75) is 37.2 Å². The molecule has 4 heteroatoms. The van der Waals surface area contributed by atoms with E-state index < -0.39 is 0 Å². The fourth-order valence-corrected chi connectivity index (χ4v) is 1.35. The van der Waals surface area contributed by atoms with Crippen LogP contribution >= 0.6 is 15.9 Å². The Kier molecular flexibility index (Phi) is 3.53. The Morgan fingerprint density at radius 3 is 2.83 bits per heavy atom. The van der Waals surface area contributed by atoms with Crippen molar-refractivity contribution in [3.8, 4) is 0 Å². The second kappa shape index (κ2) is 4.23. The van der Waals surface area contributed by atoms with Gasteiger partial charge in [0.2, 0.25) is 5.91 Å². The van der Waals surface area contributed by atoms with Gasteiger partial charge in [-0.3, -0.25) is 4.79 Å². The lowest BCUT2D eigenvalue weighted by Gasteiger charge is -2.16. The summed E-state index contributed by atoms with van der Waals surface area (Å²) in [5, 5.41) is 2.92. The minimum atomic E-state index is -0.120. The zero-order valence-corrected chi connectivity index (χ0v) is 8.93. The molecule has 0 spiro atoms. The standard InChI is InChI=1S/C8H14BrNO2/c1-5(9)8(11)10-7-3-4-12-6(7)2/h5-7H,3-4H2,1-2H3,(H,10,11). The molecule has 3 atom stereocenters. The van der Waals surface area contributed by atoms with Gasteiger partial charge in [0.25, 0.3) is 0 Å². The van der Waals surface area contributed by atoms with Crippen molar-refractivity contribution in [3.05, 3.63) is 0 Å². The van der Waals surface area contributed by atoms with E-state index >= 15 is 0 Å². The molecule has 0 aromatic rings. The van der Waals surface area contributed by atoms with Crippen LogP contribution < -0.4 is 5.32 Å². The highest BCUT2D eigenvalue weighted by atomic mass is 79.9. The minimum absolute atomic E-state index is 0.0392. The SMILES string of the molecule is CC(Br)C(=O)NC1CCOC1C. The molecule has 1 N–H and O–H groups in total. The third-order valence-electron chi connectivity index (χ3n) is 2.07. The summed E-state index contributed by atoms with van der Waals surface area (Å²) < 4.78 is 5.32. The van der Waals surface area contributed by atoms with Crippen LogP contribution in [0.2, 0.25) is 0 Å². The monoisotopic (exact) mass is 235 g/mol. The number of rotatable bonds is 2. The first-order chi connectivity index (χ1) is 5.61. The zero-order chi connectivity index (χ0) is 9.14. The molecule has 1 heterocycles. The van der Waals surface area contributed by atoms with Gasteiger partial charge in [-0.2, -0.15) is 0 Å². The van der Waals surface area contributed by atoms with E-state index in [1.165, 1.54) is 0 Å². The van der Waals surface area contributed by atoms with Crippen LogP contribution in [-0.4, -0.2) is 29.5 Å². The molecule has 0 saturated carbocycles. The average Bonchev–Trinajstić information content (AvgIpc) is 2.36. The number of halogens is 1. The van der Waals surface area contributed by atoms with Crippen molar-refractivity contribution in [1.82, 2.24) is 5.32 Å². The summed E-state index contributed by atoms with van der Waals surface area (Å²) in [4.78, 5) is 11.1. The molecule has 1 fully saturated rings. The summed E-state index contributed by atoms with van der Waals surface area (Å²) in [7, 11) is 0. The summed E-state index contributed by atoms with van der Waals surface area (Å²) in [5.74, 6) is 0.0392. The van der Waals surface area contributed by atoms with E-state index in [0.717, 1.165) is 13.0 Å². The number of hydrogen-bond acceptors (Lipinski definition) is 2. The van der Waals surface area contributed by atoms with Crippen molar-refractivity contribution in [2.75, 3.05) is 6.61 Å². The van der Waals surface area contributed by atoms with Gasteiger partial charge in [-0.15, -0.1) is 0 Å². The second-order valence-electron chi connectivity index (χ2n) is 3.10. The molecular formula is C8H14BrNO2. The van der Waals surface area contributed by atoms with E-state index in [-0.39, 0.29) is 22.9 Å². The van der Waals surface area contributed by atoms with Crippen LogP contribution in [0.1, 0.15) is 20.3 Å². The Morgan fingerprint density at radius 1 is 1.75 bits per heavy atom. The predicted molar refractivity (Wildman–Crippen MR) is 50.4 cm³/mol. The molecule has 1 amide bonds. The highest BCUT2D eigenvalue weighted by molar-refractivity contribution is 9.10. The van der Waals surface area contributed by atoms with Gasteiger partial charge in [-0.05, 0) is 20.3 Å². The normalized spacial score (nSPS) is 31.6. The number of carbonyl (C=O) groups is 1. The lowest BCUT2D eigenvalue weighted by Crippen LogP contribution is -2.42. The Hall–Kier alpha value is -0.0900. The number of carbonyl (C=O) groups excluding carboxylic acids is 1. The van der Waals surface area contributed by atoms with Gasteiger partial charge in [0.05, 0.1) is 17.0 Å². The minimum Gasteiger partial charge on any atom is -0.376 e. The predicted octanol–water partition coefficient (Wildman–Crippen LogP) is 1.06. The summed E-state index contributed by atoms with van der Waals surface area (Å²) in [5.41, 5.74) is 0. The number of hydrogen-bond donors (Lipinski definition) is 1. The first kappa shape index (κ1) is 9.99. The fourth-order valence-electron chi connectivity index (χ4n) is 1.22. The number of amides is 1. The summed E-state index contributed by atoms with van der Waals surface area (Å²) in [6.45, 7) is 4.55. The average molecular weight is 236 g/mol. The maximum absolute atomic E-state index is 11.2. The molecular weight excluding hydrogens is 222 g/mol. The van der Waals surface area contributed by atoms with E-state index in [1.807, 2.05) is 13.8 Å². The molecule has 0 aromatic heterocycles. The largest absolute Gasteiger partial charge is 0.376 e. The van der Waals surface area contributed by atoms with E-state index in [4.69, 9.17) is 4.74 Å². The lowest BCUT2D eigenvalue weighted by atomic mass is 10.1. The number of alkyl halides is 1. The van der Waals surface area contributed by atoms with Gasteiger partial charge in [0.15, 0.2) is 0 Å². The van der Waals surface area contributed by atoms with Gasteiger partial charge in [-0.1, -0.05) is 15.9 Å². The van der Waals surface area contributed by atoms with Gasteiger partial charge in [-0.25, -0.2) is 0 Å². The molecule has 70 valence electrons. The Labute approximate surface area is 81.0 Å². The fraction of sp³-hybridized carbons (Fsp3) is 0.875. The lowest BCUT2D eigenvalue weighted by molar-refractivity contribution is -0.121. The van der Waals surface area contributed by atoms with E-state index in [2.05, 4.69) is 21.2 Å². The van der Waals surface area contributed by atoms with Crippen molar-refractivity contribution in [3.63, 3.8) is 0 Å². The third kappa shape index (κ3) is 2.45. The maximum atomic E-state index is 11.2. The smallest absolute Gasteiger partial charge is 0.233 e. The van der Waals surface area contributed by atoms with Gasteiger partial charge >= 0.3 is 0 Å². The van der Waals surface area contributed by atoms with E-state index in [0.29, 0.717) is 0 Å². The Balaban J connectivity index is 2.35. The molecule has 1 rings (SSSR count).